The predicted octanol–water partition coefficient (Wildman–Crippen LogP) is 2.89. The van der Waals surface area contributed by atoms with Crippen molar-refractivity contribution in [2.45, 2.75) is 39.2 Å². The van der Waals surface area contributed by atoms with E-state index in [9.17, 15) is 0 Å². The number of fused-ring (bicyclic) bond motifs is 1. The van der Waals surface area contributed by atoms with E-state index in [1.807, 2.05) is 0 Å². The third-order valence-corrected chi connectivity index (χ3v) is 3.31. The summed E-state index contributed by atoms with van der Waals surface area (Å²) >= 11 is 0. The Labute approximate surface area is 98.4 Å². The van der Waals surface area contributed by atoms with Gasteiger partial charge >= 0.3 is 0 Å². The molecule has 2 rings (SSSR count). The van der Waals surface area contributed by atoms with Crippen LogP contribution in [-0.2, 0) is 0 Å². The van der Waals surface area contributed by atoms with Crippen LogP contribution in [0.25, 0.3) is 0 Å². The summed E-state index contributed by atoms with van der Waals surface area (Å²) in [5.41, 5.74) is 4.22. The zero-order valence-corrected chi connectivity index (χ0v) is 10.5. The van der Waals surface area contributed by atoms with Crippen LogP contribution in [0.5, 0.6) is 0 Å². The number of nitrogens with one attached hydrogen (secondary N) is 2. The van der Waals surface area contributed by atoms with Crippen molar-refractivity contribution in [3.05, 3.63) is 29.3 Å². The summed E-state index contributed by atoms with van der Waals surface area (Å²) in [4.78, 5) is 0. The van der Waals surface area contributed by atoms with Gasteiger partial charge in [0.1, 0.15) is 0 Å². The van der Waals surface area contributed by atoms with Gasteiger partial charge in [-0.1, -0.05) is 32.0 Å². The van der Waals surface area contributed by atoms with Crippen molar-refractivity contribution in [2.75, 3.05) is 18.4 Å². The standard InChI is InChI=1S/C14H22N2/c1-10(2)16-9-12-7-8-15-14-11(3)5-4-6-13(12)14/h4-6,10,12,15-16H,7-9H2,1-3H3. The van der Waals surface area contributed by atoms with Gasteiger partial charge in [0.15, 0.2) is 0 Å². The van der Waals surface area contributed by atoms with Gasteiger partial charge in [-0.05, 0) is 24.5 Å². The van der Waals surface area contributed by atoms with Crippen LogP contribution in [0, 0.1) is 6.92 Å². The molecule has 0 saturated heterocycles. The van der Waals surface area contributed by atoms with Crippen LogP contribution >= 0.6 is 0 Å². The molecule has 2 heteroatoms. The van der Waals surface area contributed by atoms with E-state index in [2.05, 4.69) is 49.6 Å². The van der Waals surface area contributed by atoms with Crippen LogP contribution < -0.4 is 10.6 Å². The molecule has 0 saturated carbocycles. The molecule has 1 aromatic carbocycles. The Morgan fingerprint density at radius 1 is 1.44 bits per heavy atom. The first kappa shape index (κ1) is 11.5. The average Bonchev–Trinajstić information content (AvgIpc) is 2.27. The fraction of sp³-hybridized carbons (Fsp3) is 0.571. The third kappa shape index (κ3) is 2.38. The van der Waals surface area contributed by atoms with Crippen molar-refractivity contribution in [1.82, 2.24) is 5.32 Å². The molecule has 1 unspecified atom stereocenters. The van der Waals surface area contributed by atoms with Gasteiger partial charge in [0.25, 0.3) is 0 Å². The Kier molecular flexibility index (Phi) is 3.49. The predicted molar refractivity (Wildman–Crippen MR) is 70.2 cm³/mol. The zero-order valence-electron chi connectivity index (χ0n) is 10.5. The third-order valence-electron chi connectivity index (χ3n) is 3.31. The summed E-state index contributed by atoms with van der Waals surface area (Å²) < 4.78 is 0. The molecule has 2 N–H and O–H groups in total. The summed E-state index contributed by atoms with van der Waals surface area (Å²) in [6.07, 6.45) is 1.23. The maximum Gasteiger partial charge on any atom is 0.0405 e. The van der Waals surface area contributed by atoms with Gasteiger partial charge in [-0.25, -0.2) is 0 Å². The second kappa shape index (κ2) is 4.88. The molecule has 0 aromatic heterocycles. The first-order chi connectivity index (χ1) is 7.68. The highest BCUT2D eigenvalue weighted by Crippen LogP contribution is 2.33. The summed E-state index contributed by atoms with van der Waals surface area (Å²) in [5, 5.41) is 7.07. The molecule has 16 heavy (non-hydrogen) atoms. The molecule has 88 valence electrons. The molecule has 1 atom stereocenters. The minimum Gasteiger partial charge on any atom is -0.385 e. The summed E-state index contributed by atoms with van der Waals surface area (Å²) in [7, 11) is 0. The van der Waals surface area contributed by atoms with Gasteiger partial charge in [0.05, 0.1) is 0 Å². The molecule has 0 radical (unpaired) electrons. The number of benzene rings is 1. The van der Waals surface area contributed by atoms with Gasteiger partial charge in [0.2, 0.25) is 0 Å². The number of aryl methyl sites for hydroxylation is 1. The van der Waals surface area contributed by atoms with Crippen LogP contribution in [0.4, 0.5) is 5.69 Å². The van der Waals surface area contributed by atoms with Gasteiger partial charge in [-0.2, -0.15) is 0 Å². The number of anilines is 1. The molecule has 1 heterocycles. The van der Waals surface area contributed by atoms with Crippen molar-refractivity contribution >= 4 is 5.69 Å². The second-order valence-corrected chi connectivity index (χ2v) is 5.01. The van der Waals surface area contributed by atoms with Crippen molar-refractivity contribution in [2.24, 2.45) is 0 Å². The smallest absolute Gasteiger partial charge is 0.0405 e. The highest BCUT2D eigenvalue weighted by atomic mass is 14.9. The fourth-order valence-corrected chi connectivity index (χ4v) is 2.39. The molecular weight excluding hydrogens is 196 g/mol. The molecular formula is C14H22N2. The normalized spacial score (nSPS) is 19.4. The molecule has 0 aliphatic carbocycles. The van der Waals surface area contributed by atoms with Gasteiger partial charge in [0, 0.05) is 30.7 Å². The maximum atomic E-state index is 3.55. The second-order valence-electron chi connectivity index (χ2n) is 5.01. The number of rotatable bonds is 3. The van der Waals surface area contributed by atoms with Crippen LogP contribution in [0.3, 0.4) is 0 Å². The number of hydrogen-bond donors (Lipinski definition) is 2. The summed E-state index contributed by atoms with van der Waals surface area (Å²) in [6.45, 7) is 8.79. The van der Waals surface area contributed by atoms with E-state index in [-0.39, 0.29) is 0 Å². The van der Waals surface area contributed by atoms with Gasteiger partial charge < -0.3 is 10.6 Å². The first-order valence-corrected chi connectivity index (χ1v) is 6.25. The SMILES string of the molecule is Cc1cccc2c1NCCC2CNC(C)C. The Hall–Kier alpha value is -1.02. The summed E-state index contributed by atoms with van der Waals surface area (Å²) in [5.74, 6) is 0.665. The van der Waals surface area contributed by atoms with Crippen LogP contribution in [-0.4, -0.2) is 19.1 Å². The van der Waals surface area contributed by atoms with E-state index in [1.54, 1.807) is 0 Å². The van der Waals surface area contributed by atoms with Crippen molar-refractivity contribution in [3.8, 4) is 0 Å². The number of hydrogen-bond acceptors (Lipinski definition) is 2. The summed E-state index contributed by atoms with van der Waals surface area (Å²) in [6, 6.07) is 7.19. The van der Waals surface area contributed by atoms with Crippen molar-refractivity contribution in [3.63, 3.8) is 0 Å². The zero-order chi connectivity index (χ0) is 11.5. The van der Waals surface area contributed by atoms with Crippen molar-refractivity contribution < 1.29 is 0 Å². The maximum absolute atomic E-state index is 3.55. The quantitative estimate of drug-likeness (QED) is 0.815. The molecule has 0 amide bonds. The molecule has 0 spiro atoms. The minimum atomic E-state index is 0.572. The lowest BCUT2D eigenvalue weighted by Gasteiger charge is -2.28. The highest BCUT2D eigenvalue weighted by molar-refractivity contribution is 5.60. The Morgan fingerprint density at radius 3 is 3.00 bits per heavy atom. The molecule has 1 aromatic rings. The average molecular weight is 218 g/mol. The van der Waals surface area contributed by atoms with E-state index in [0.717, 1.165) is 13.1 Å². The lowest BCUT2D eigenvalue weighted by Crippen LogP contribution is -2.31. The van der Waals surface area contributed by atoms with Gasteiger partial charge in [-0.3, -0.25) is 0 Å². The lowest BCUT2D eigenvalue weighted by atomic mass is 9.89. The van der Waals surface area contributed by atoms with E-state index in [1.165, 1.54) is 23.2 Å². The molecule has 0 bridgehead atoms. The minimum absolute atomic E-state index is 0.572. The van der Waals surface area contributed by atoms with Gasteiger partial charge in [-0.15, -0.1) is 0 Å². The highest BCUT2D eigenvalue weighted by Gasteiger charge is 2.20. The van der Waals surface area contributed by atoms with E-state index < -0.39 is 0 Å². The molecule has 2 nitrogen and oxygen atoms in total. The fourth-order valence-electron chi connectivity index (χ4n) is 2.39. The van der Waals surface area contributed by atoms with E-state index >= 15 is 0 Å². The van der Waals surface area contributed by atoms with Crippen LogP contribution in [0.1, 0.15) is 37.3 Å². The molecule has 0 fully saturated rings. The topological polar surface area (TPSA) is 24.1 Å². The first-order valence-electron chi connectivity index (χ1n) is 6.25. The van der Waals surface area contributed by atoms with Crippen LogP contribution in [0.15, 0.2) is 18.2 Å². The Bertz CT molecular complexity index is 358. The van der Waals surface area contributed by atoms with E-state index in [0.29, 0.717) is 12.0 Å². The van der Waals surface area contributed by atoms with Crippen LogP contribution in [0.2, 0.25) is 0 Å². The lowest BCUT2D eigenvalue weighted by molar-refractivity contribution is 0.509. The Balaban J connectivity index is 2.16. The van der Waals surface area contributed by atoms with E-state index in [4.69, 9.17) is 0 Å². The Morgan fingerprint density at radius 2 is 2.25 bits per heavy atom. The molecule has 1 aliphatic rings. The monoisotopic (exact) mass is 218 g/mol. The number of para-hydroxylation sites is 1. The van der Waals surface area contributed by atoms with Crippen molar-refractivity contribution in [1.29, 1.82) is 0 Å². The largest absolute Gasteiger partial charge is 0.385 e. The molecule has 1 aliphatic heterocycles.